The van der Waals surface area contributed by atoms with Gasteiger partial charge in [0.25, 0.3) is 0 Å². The van der Waals surface area contributed by atoms with Crippen LogP contribution in [-0.2, 0) is 4.79 Å². The number of rotatable bonds is 6. The Morgan fingerprint density at radius 3 is 2.38 bits per heavy atom. The van der Waals surface area contributed by atoms with E-state index in [2.05, 4.69) is 18.7 Å². The van der Waals surface area contributed by atoms with Crippen molar-refractivity contribution in [2.75, 3.05) is 13.6 Å². The molecule has 0 aromatic rings. The molecule has 0 amide bonds. The average molecular weight is 187 g/mol. The molecular formula is C10H21NO2. The normalized spacial score (nSPS) is 15.8. The highest BCUT2D eigenvalue weighted by atomic mass is 16.4. The van der Waals surface area contributed by atoms with E-state index >= 15 is 0 Å². The third-order valence-electron chi connectivity index (χ3n) is 2.52. The Balaban J connectivity index is 3.81. The lowest BCUT2D eigenvalue weighted by Crippen LogP contribution is -2.34. The van der Waals surface area contributed by atoms with Crippen LogP contribution in [0.25, 0.3) is 0 Å². The van der Waals surface area contributed by atoms with E-state index in [0.29, 0.717) is 5.92 Å². The molecule has 78 valence electrons. The molecule has 3 nitrogen and oxygen atoms in total. The van der Waals surface area contributed by atoms with Crippen LogP contribution in [0.4, 0.5) is 0 Å². The first kappa shape index (κ1) is 12.4. The molecule has 1 N–H and O–H groups in total. The van der Waals surface area contributed by atoms with Crippen LogP contribution in [0.2, 0.25) is 0 Å². The highest BCUT2D eigenvalue weighted by Crippen LogP contribution is 2.07. The molecule has 0 aliphatic heterocycles. The van der Waals surface area contributed by atoms with Crippen LogP contribution >= 0.6 is 0 Å². The fourth-order valence-corrected chi connectivity index (χ4v) is 1.21. The lowest BCUT2D eigenvalue weighted by molar-refractivity contribution is -0.138. The van der Waals surface area contributed by atoms with Crippen molar-refractivity contribution in [1.82, 2.24) is 4.90 Å². The smallest absolute Gasteiger partial charge is 0.304 e. The number of carboxylic acids is 1. The van der Waals surface area contributed by atoms with Crippen molar-refractivity contribution in [2.45, 2.75) is 39.7 Å². The molecule has 0 saturated carbocycles. The van der Waals surface area contributed by atoms with Crippen molar-refractivity contribution < 1.29 is 9.90 Å². The molecule has 0 aliphatic carbocycles. The lowest BCUT2D eigenvalue weighted by Gasteiger charge is -2.25. The van der Waals surface area contributed by atoms with E-state index in [4.69, 9.17) is 5.11 Å². The molecule has 2 unspecified atom stereocenters. The summed E-state index contributed by atoms with van der Waals surface area (Å²) in [5.74, 6) is -0.0789. The van der Waals surface area contributed by atoms with Crippen LogP contribution in [0.1, 0.15) is 33.6 Å². The predicted molar refractivity (Wildman–Crippen MR) is 53.8 cm³/mol. The van der Waals surface area contributed by atoms with Crippen LogP contribution in [0.5, 0.6) is 0 Å². The maximum absolute atomic E-state index is 10.4. The van der Waals surface area contributed by atoms with E-state index in [-0.39, 0.29) is 12.5 Å². The average Bonchev–Trinajstić information content (AvgIpc) is 2.02. The van der Waals surface area contributed by atoms with Gasteiger partial charge in [-0.3, -0.25) is 4.79 Å². The Bertz CT molecular complexity index is 159. The zero-order valence-electron chi connectivity index (χ0n) is 9.08. The first-order chi connectivity index (χ1) is 5.97. The number of carboxylic acid groups (broad SMARTS) is 1. The van der Waals surface area contributed by atoms with E-state index < -0.39 is 5.97 Å². The molecular weight excluding hydrogens is 166 g/mol. The first-order valence-electron chi connectivity index (χ1n) is 4.89. The van der Waals surface area contributed by atoms with Crippen LogP contribution in [0.15, 0.2) is 0 Å². The zero-order valence-corrected chi connectivity index (χ0v) is 9.08. The van der Waals surface area contributed by atoms with Crippen molar-refractivity contribution in [1.29, 1.82) is 0 Å². The highest BCUT2D eigenvalue weighted by molar-refractivity contribution is 5.67. The molecule has 0 rings (SSSR count). The van der Waals surface area contributed by atoms with Gasteiger partial charge in [0, 0.05) is 12.6 Å². The second kappa shape index (κ2) is 5.97. The second-order valence-corrected chi connectivity index (χ2v) is 3.90. The summed E-state index contributed by atoms with van der Waals surface area (Å²) in [5, 5.41) is 8.60. The minimum Gasteiger partial charge on any atom is -0.481 e. The molecule has 0 radical (unpaired) electrons. The SMILES string of the molecule is CCC(C)CN(C)C(C)CC(=O)O. The topological polar surface area (TPSA) is 40.5 Å². The molecule has 2 atom stereocenters. The Hall–Kier alpha value is -0.570. The zero-order chi connectivity index (χ0) is 10.4. The molecule has 13 heavy (non-hydrogen) atoms. The van der Waals surface area contributed by atoms with Gasteiger partial charge in [-0.1, -0.05) is 20.3 Å². The molecule has 3 heteroatoms. The molecule has 0 fully saturated rings. The van der Waals surface area contributed by atoms with Gasteiger partial charge in [0.2, 0.25) is 0 Å². The Morgan fingerprint density at radius 2 is 2.00 bits per heavy atom. The second-order valence-electron chi connectivity index (χ2n) is 3.90. The van der Waals surface area contributed by atoms with Crippen LogP contribution in [0.3, 0.4) is 0 Å². The minimum absolute atomic E-state index is 0.131. The maximum Gasteiger partial charge on any atom is 0.304 e. The summed E-state index contributed by atoms with van der Waals surface area (Å²) >= 11 is 0. The van der Waals surface area contributed by atoms with Gasteiger partial charge in [-0.25, -0.2) is 0 Å². The standard InChI is InChI=1S/C10H21NO2/c1-5-8(2)7-11(4)9(3)6-10(12)13/h8-9H,5-7H2,1-4H3,(H,12,13). The molecule has 0 aromatic heterocycles. The van der Waals surface area contributed by atoms with Gasteiger partial charge in [0.05, 0.1) is 6.42 Å². The van der Waals surface area contributed by atoms with Crippen LogP contribution < -0.4 is 0 Å². The highest BCUT2D eigenvalue weighted by Gasteiger charge is 2.14. The Kier molecular flexibility index (Phi) is 5.71. The van der Waals surface area contributed by atoms with Gasteiger partial charge in [-0.05, 0) is 19.9 Å². The third-order valence-corrected chi connectivity index (χ3v) is 2.52. The van der Waals surface area contributed by atoms with E-state index in [1.54, 1.807) is 0 Å². The van der Waals surface area contributed by atoms with Crippen molar-refractivity contribution in [3.8, 4) is 0 Å². The molecule has 0 aromatic carbocycles. The first-order valence-corrected chi connectivity index (χ1v) is 4.89. The van der Waals surface area contributed by atoms with Gasteiger partial charge < -0.3 is 10.0 Å². The lowest BCUT2D eigenvalue weighted by atomic mass is 10.1. The summed E-state index contributed by atoms with van der Waals surface area (Å²) in [7, 11) is 1.99. The third kappa shape index (κ3) is 5.64. The summed E-state index contributed by atoms with van der Waals surface area (Å²) in [6.07, 6.45) is 1.37. The molecule has 0 heterocycles. The number of aliphatic carboxylic acids is 1. The number of hydrogen-bond acceptors (Lipinski definition) is 2. The van der Waals surface area contributed by atoms with Gasteiger partial charge in [-0.15, -0.1) is 0 Å². The molecule has 0 spiro atoms. The van der Waals surface area contributed by atoms with E-state index in [0.717, 1.165) is 13.0 Å². The fourth-order valence-electron chi connectivity index (χ4n) is 1.21. The number of hydrogen-bond donors (Lipinski definition) is 1. The van der Waals surface area contributed by atoms with Gasteiger partial charge >= 0.3 is 5.97 Å². The summed E-state index contributed by atoms with van der Waals surface area (Å²) < 4.78 is 0. The number of carbonyl (C=O) groups is 1. The summed E-state index contributed by atoms with van der Waals surface area (Å²) in [6, 6.07) is 0.131. The number of nitrogens with zero attached hydrogens (tertiary/aromatic N) is 1. The summed E-state index contributed by atoms with van der Waals surface area (Å²) in [4.78, 5) is 12.6. The van der Waals surface area contributed by atoms with Crippen molar-refractivity contribution in [2.24, 2.45) is 5.92 Å². The molecule has 0 saturated heterocycles. The van der Waals surface area contributed by atoms with E-state index in [1.807, 2.05) is 14.0 Å². The maximum atomic E-state index is 10.4. The van der Waals surface area contributed by atoms with Crippen LogP contribution in [-0.4, -0.2) is 35.6 Å². The van der Waals surface area contributed by atoms with Crippen LogP contribution in [0, 0.1) is 5.92 Å². The molecule has 0 aliphatic rings. The van der Waals surface area contributed by atoms with Crippen molar-refractivity contribution in [3.05, 3.63) is 0 Å². The van der Waals surface area contributed by atoms with Gasteiger partial charge in [0.1, 0.15) is 0 Å². The fraction of sp³-hybridized carbons (Fsp3) is 0.900. The quantitative estimate of drug-likeness (QED) is 0.689. The monoisotopic (exact) mass is 187 g/mol. The minimum atomic E-state index is -0.719. The Labute approximate surface area is 80.7 Å². The largest absolute Gasteiger partial charge is 0.481 e. The van der Waals surface area contributed by atoms with E-state index in [9.17, 15) is 4.79 Å². The Morgan fingerprint density at radius 1 is 1.46 bits per heavy atom. The summed E-state index contributed by atoms with van der Waals surface area (Å²) in [6.45, 7) is 7.27. The predicted octanol–water partition coefficient (Wildman–Crippen LogP) is 1.83. The summed E-state index contributed by atoms with van der Waals surface area (Å²) in [5.41, 5.74) is 0. The van der Waals surface area contributed by atoms with Gasteiger partial charge in [-0.2, -0.15) is 0 Å². The van der Waals surface area contributed by atoms with Crippen molar-refractivity contribution in [3.63, 3.8) is 0 Å². The molecule has 0 bridgehead atoms. The van der Waals surface area contributed by atoms with Gasteiger partial charge in [0.15, 0.2) is 0 Å². The van der Waals surface area contributed by atoms with E-state index in [1.165, 1.54) is 0 Å². The van der Waals surface area contributed by atoms with Crippen molar-refractivity contribution >= 4 is 5.97 Å².